The van der Waals surface area contributed by atoms with Gasteiger partial charge in [-0.25, -0.2) is 9.38 Å². The lowest BCUT2D eigenvalue weighted by Gasteiger charge is -2.26. The second-order valence-corrected chi connectivity index (χ2v) is 9.60. The summed E-state index contributed by atoms with van der Waals surface area (Å²) in [4.78, 5) is 7.89. The number of phenolic OH excluding ortho intramolecular Hbond substituents is 1. The minimum atomic E-state index is -0.504. The maximum atomic E-state index is 13.9. The average molecular weight is 537 g/mol. The zero-order valence-corrected chi connectivity index (χ0v) is 22.0. The van der Waals surface area contributed by atoms with Gasteiger partial charge in [0.15, 0.2) is 5.17 Å². The molecule has 1 N–H and O–H groups in total. The second-order valence-electron chi connectivity index (χ2n) is 8.15. The Balaban J connectivity index is 1.79. The topological polar surface area (TPSA) is 54.3 Å². The fraction of sp³-hybridized carbons (Fsp3) is 0.138. The van der Waals surface area contributed by atoms with E-state index in [2.05, 4.69) is 4.90 Å². The summed E-state index contributed by atoms with van der Waals surface area (Å²) in [6.07, 6.45) is 0. The molecule has 0 aliphatic carbocycles. The van der Waals surface area contributed by atoms with Gasteiger partial charge in [0.1, 0.15) is 23.1 Å². The lowest BCUT2D eigenvalue weighted by Crippen LogP contribution is -2.28. The Morgan fingerprint density at radius 3 is 2.19 bits per heavy atom. The van der Waals surface area contributed by atoms with Crippen LogP contribution in [0, 0.1) is 5.82 Å². The van der Waals surface area contributed by atoms with Crippen molar-refractivity contribution in [3.8, 4) is 17.2 Å². The van der Waals surface area contributed by atoms with Gasteiger partial charge in [0, 0.05) is 18.0 Å². The molecule has 0 saturated carbocycles. The Kier molecular flexibility index (Phi) is 8.93. The molecule has 0 atom stereocenters. The van der Waals surface area contributed by atoms with Crippen LogP contribution in [0.3, 0.4) is 0 Å². The highest BCUT2D eigenvalue weighted by atomic mass is 35.5. The zero-order chi connectivity index (χ0) is 26.2. The smallest absolute Gasteiger partial charge is 0.169 e. The highest BCUT2D eigenvalue weighted by molar-refractivity contribution is 8.13. The number of phenols is 1. The van der Waals surface area contributed by atoms with E-state index in [4.69, 9.17) is 26.1 Å². The minimum Gasteiger partial charge on any atom is -0.508 e. The number of aromatic hydroxyl groups is 1. The third-order valence-corrected chi connectivity index (χ3v) is 6.75. The van der Waals surface area contributed by atoms with Crippen LogP contribution in [0.1, 0.15) is 11.1 Å². The molecule has 0 fully saturated rings. The average Bonchev–Trinajstić information content (AvgIpc) is 2.90. The first-order valence-electron chi connectivity index (χ1n) is 11.4. The summed E-state index contributed by atoms with van der Waals surface area (Å²) in [6.45, 7) is 0.952. The highest BCUT2D eigenvalue weighted by Gasteiger charge is 2.17. The van der Waals surface area contributed by atoms with Gasteiger partial charge in [-0.15, -0.1) is 0 Å². The molecule has 0 spiro atoms. The molecule has 0 amide bonds. The van der Waals surface area contributed by atoms with Crippen molar-refractivity contribution in [2.45, 2.75) is 18.0 Å². The number of methoxy groups -OCH3 is 2. The van der Waals surface area contributed by atoms with Gasteiger partial charge in [0.05, 0.1) is 24.9 Å². The maximum absolute atomic E-state index is 13.9. The molecule has 8 heteroatoms. The number of nitrogens with zero attached hydrogens (tertiary/aromatic N) is 2. The Morgan fingerprint density at radius 1 is 0.865 bits per heavy atom. The van der Waals surface area contributed by atoms with Crippen molar-refractivity contribution in [1.82, 2.24) is 4.90 Å². The molecule has 0 saturated heterocycles. The van der Waals surface area contributed by atoms with Gasteiger partial charge in [-0.3, -0.25) is 0 Å². The van der Waals surface area contributed by atoms with Crippen LogP contribution >= 0.6 is 23.4 Å². The Bertz CT molecular complexity index is 1400. The van der Waals surface area contributed by atoms with Gasteiger partial charge in [-0.1, -0.05) is 53.7 Å². The van der Waals surface area contributed by atoms with Crippen molar-refractivity contribution in [1.29, 1.82) is 0 Å². The minimum absolute atomic E-state index is 0.000641. The number of ether oxygens (including phenoxy) is 2. The van der Waals surface area contributed by atoms with Crippen molar-refractivity contribution in [2.75, 3.05) is 14.2 Å². The van der Waals surface area contributed by atoms with Crippen LogP contribution in [0.5, 0.6) is 17.2 Å². The number of rotatable bonds is 8. The summed E-state index contributed by atoms with van der Waals surface area (Å²) in [6, 6.07) is 27.0. The monoisotopic (exact) mass is 536 g/mol. The van der Waals surface area contributed by atoms with Crippen molar-refractivity contribution < 1.29 is 19.0 Å². The molecule has 37 heavy (non-hydrogen) atoms. The number of amidine groups is 1. The Morgan fingerprint density at radius 2 is 1.51 bits per heavy atom. The standard InChI is InChI=1S/C29H26ClFN2O3S/c1-35-24-9-4-7-21(15-24)19-33(18-20-6-3-8-23(34)14-20)29(32-22-12-13-28(31)27(30)16-22)37-26-11-5-10-25(17-26)36-2/h3-17,34H,18-19H2,1-2H3. The molecule has 0 aromatic heterocycles. The molecule has 0 unspecified atom stereocenters. The fourth-order valence-corrected chi connectivity index (χ4v) is 4.77. The molecule has 4 aromatic carbocycles. The van der Waals surface area contributed by atoms with E-state index in [1.54, 1.807) is 38.5 Å². The van der Waals surface area contributed by atoms with E-state index in [1.807, 2.05) is 54.6 Å². The van der Waals surface area contributed by atoms with Gasteiger partial charge >= 0.3 is 0 Å². The van der Waals surface area contributed by atoms with Crippen molar-refractivity contribution in [3.63, 3.8) is 0 Å². The van der Waals surface area contributed by atoms with E-state index in [0.29, 0.717) is 23.9 Å². The zero-order valence-electron chi connectivity index (χ0n) is 20.4. The molecular formula is C29H26ClFN2O3S. The lowest BCUT2D eigenvalue weighted by atomic mass is 10.1. The summed E-state index contributed by atoms with van der Waals surface area (Å²) in [5, 5.41) is 10.7. The number of aliphatic imine (C=N–C) groups is 1. The van der Waals surface area contributed by atoms with E-state index in [9.17, 15) is 9.50 Å². The molecule has 0 heterocycles. The summed E-state index contributed by atoms with van der Waals surface area (Å²) in [7, 11) is 3.25. The quantitative estimate of drug-likeness (QED) is 0.142. The summed E-state index contributed by atoms with van der Waals surface area (Å²) >= 11 is 7.51. The number of thioether (sulfide) groups is 1. The molecule has 0 bridgehead atoms. The molecule has 0 aliphatic rings. The van der Waals surface area contributed by atoms with Gasteiger partial charge < -0.3 is 19.5 Å². The second kappa shape index (κ2) is 12.5. The van der Waals surface area contributed by atoms with Crippen LogP contribution in [0.2, 0.25) is 5.02 Å². The van der Waals surface area contributed by atoms with E-state index in [1.165, 1.54) is 23.9 Å². The van der Waals surface area contributed by atoms with E-state index in [0.717, 1.165) is 27.5 Å². The summed E-state index contributed by atoms with van der Waals surface area (Å²) in [5.74, 6) is 1.15. The number of hydrogen-bond acceptors (Lipinski definition) is 5. The fourth-order valence-electron chi connectivity index (χ4n) is 3.65. The first-order chi connectivity index (χ1) is 17.9. The number of halogens is 2. The van der Waals surface area contributed by atoms with Gasteiger partial charge in [-0.05, 0) is 71.8 Å². The van der Waals surface area contributed by atoms with Crippen molar-refractivity contribution >= 4 is 34.2 Å². The van der Waals surface area contributed by atoms with E-state index < -0.39 is 5.82 Å². The largest absolute Gasteiger partial charge is 0.508 e. The molecule has 4 rings (SSSR count). The molecule has 4 aromatic rings. The van der Waals surface area contributed by atoms with E-state index in [-0.39, 0.29) is 10.8 Å². The van der Waals surface area contributed by atoms with Crippen molar-refractivity contribution in [2.24, 2.45) is 4.99 Å². The molecule has 0 aliphatic heterocycles. The lowest BCUT2D eigenvalue weighted by molar-refractivity contribution is 0.402. The Labute approximate surface area is 225 Å². The van der Waals surface area contributed by atoms with Crippen LogP contribution in [0.4, 0.5) is 10.1 Å². The molecule has 0 radical (unpaired) electrons. The third kappa shape index (κ3) is 7.41. The summed E-state index contributed by atoms with van der Waals surface area (Å²) in [5.41, 5.74) is 2.43. The number of benzene rings is 4. The van der Waals surface area contributed by atoms with Crippen LogP contribution in [0.15, 0.2) is 101 Å². The number of hydrogen-bond donors (Lipinski definition) is 1. The van der Waals surface area contributed by atoms with Crippen LogP contribution in [-0.4, -0.2) is 29.4 Å². The predicted octanol–water partition coefficient (Wildman–Crippen LogP) is 7.68. The molecular weight excluding hydrogens is 511 g/mol. The van der Waals surface area contributed by atoms with Crippen molar-refractivity contribution in [3.05, 3.63) is 113 Å². The van der Waals surface area contributed by atoms with E-state index >= 15 is 0 Å². The Hall–Kier alpha value is -3.68. The van der Waals surface area contributed by atoms with Gasteiger partial charge in [-0.2, -0.15) is 0 Å². The van der Waals surface area contributed by atoms with Crippen LogP contribution in [-0.2, 0) is 13.1 Å². The first kappa shape index (κ1) is 26.4. The predicted molar refractivity (Wildman–Crippen MR) is 148 cm³/mol. The van der Waals surface area contributed by atoms with Crippen LogP contribution in [0.25, 0.3) is 0 Å². The third-order valence-electron chi connectivity index (χ3n) is 5.44. The maximum Gasteiger partial charge on any atom is 0.169 e. The SMILES string of the molecule is COc1cccc(CN(Cc2cccc(O)c2)C(=Nc2ccc(F)c(Cl)c2)Sc2cccc(OC)c2)c1. The van der Waals surface area contributed by atoms with Crippen LogP contribution < -0.4 is 9.47 Å². The summed E-state index contributed by atoms with van der Waals surface area (Å²) < 4.78 is 24.7. The molecule has 5 nitrogen and oxygen atoms in total. The molecule has 190 valence electrons. The van der Waals surface area contributed by atoms with Gasteiger partial charge in [0.2, 0.25) is 0 Å². The highest BCUT2D eigenvalue weighted by Crippen LogP contribution is 2.31. The normalized spacial score (nSPS) is 11.3. The first-order valence-corrected chi connectivity index (χ1v) is 12.6. The van der Waals surface area contributed by atoms with Gasteiger partial charge in [0.25, 0.3) is 0 Å².